The van der Waals surface area contributed by atoms with Gasteiger partial charge in [0.15, 0.2) is 11.6 Å². The lowest BCUT2D eigenvalue weighted by Crippen LogP contribution is -2.49. The Morgan fingerprint density at radius 2 is 1.43 bits per heavy atom. The highest BCUT2D eigenvalue weighted by Gasteiger charge is 2.28. The second-order valence-electron chi connectivity index (χ2n) is 9.54. The van der Waals surface area contributed by atoms with Crippen LogP contribution in [0.5, 0.6) is 0 Å². The number of rotatable bonds is 7. The van der Waals surface area contributed by atoms with E-state index < -0.39 is 11.6 Å². The Hall–Kier alpha value is -2.67. The van der Waals surface area contributed by atoms with Gasteiger partial charge in [0.05, 0.1) is 0 Å². The van der Waals surface area contributed by atoms with Crippen LogP contribution < -0.4 is 4.90 Å². The first-order valence-corrected chi connectivity index (χ1v) is 12.4. The first kappa shape index (κ1) is 28.9. The molecule has 2 aliphatic rings. The first-order valence-electron chi connectivity index (χ1n) is 12.4. The molecule has 0 N–H and O–H groups in total. The minimum atomic E-state index is -0.840. The van der Waals surface area contributed by atoms with Crippen molar-refractivity contribution in [3.05, 3.63) is 89.5 Å². The number of carbonyl (C=O) groups excluding carboxylic acids is 1. The number of hydrogen-bond donors (Lipinski definition) is 0. The van der Waals surface area contributed by atoms with Crippen LogP contribution in [0.4, 0.5) is 14.5 Å². The summed E-state index contributed by atoms with van der Waals surface area (Å²) in [5.41, 5.74) is 6.14. The van der Waals surface area contributed by atoms with Gasteiger partial charge in [0, 0.05) is 56.8 Å². The van der Waals surface area contributed by atoms with E-state index in [9.17, 15) is 13.6 Å². The van der Waals surface area contributed by atoms with Crippen LogP contribution in [0.1, 0.15) is 29.9 Å². The van der Waals surface area contributed by atoms with Gasteiger partial charge < -0.3 is 14.7 Å². The fourth-order valence-corrected chi connectivity index (χ4v) is 5.37. The summed E-state index contributed by atoms with van der Waals surface area (Å²) in [6.07, 6.45) is 1.51. The average Bonchev–Trinajstić information content (AvgIpc) is 3.21. The number of amides is 1. The number of piperazine rings is 1. The third-order valence-electron chi connectivity index (χ3n) is 7.37. The summed E-state index contributed by atoms with van der Waals surface area (Å²) >= 11 is 0. The van der Waals surface area contributed by atoms with Crippen molar-refractivity contribution in [2.45, 2.75) is 18.8 Å². The van der Waals surface area contributed by atoms with Crippen molar-refractivity contribution in [2.24, 2.45) is 0 Å². The van der Waals surface area contributed by atoms with Gasteiger partial charge >= 0.3 is 0 Å². The number of halogens is 4. The molecule has 4 nitrogen and oxygen atoms in total. The molecular formula is C29H33Cl2F2N3O. The van der Waals surface area contributed by atoms with Gasteiger partial charge in [-0.3, -0.25) is 4.79 Å². The molecule has 1 aliphatic heterocycles. The minimum absolute atomic E-state index is 0. The smallest absolute Gasteiger partial charge is 0.223 e. The Kier molecular flexibility index (Phi) is 9.93. The predicted molar refractivity (Wildman–Crippen MR) is 150 cm³/mol. The zero-order valence-corrected chi connectivity index (χ0v) is 22.5. The second-order valence-corrected chi connectivity index (χ2v) is 9.54. The summed E-state index contributed by atoms with van der Waals surface area (Å²) in [4.78, 5) is 18.9. The molecule has 198 valence electrons. The van der Waals surface area contributed by atoms with Gasteiger partial charge in [-0.1, -0.05) is 48.5 Å². The molecule has 1 saturated heterocycles. The quantitative estimate of drug-likeness (QED) is 0.364. The molecule has 1 heterocycles. The summed E-state index contributed by atoms with van der Waals surface area (Å²) < 4.78 is 26.8. The van der Waals surface area contributed by atoms with Crippen LogP contribution in [0, 0.1) is 11.6 Å². The lowest BCUT2D eigenvalue weighted by atomic mass is 9.93. The van der Waals surface area contributed by atoms with E-state index in [0.29, 0.717) is 44.2 Å². The number of benzene rings is 3. The summed E-state index contributed by atoms with van der Waals surface area (Å²) in [6.45, 7) is 4.07. The van der Waals surface area contributed by atoms with Crippen molar-refractivity contribution < 1.29 is 13.6 Å². The lowest BCUT2D eigenvalue weighted by molar-refractivity contribution is -0.131. The van der Waals surface area contributed by atoms with E-state index in [4.69, 9.17) is 0 Å². The zero-order chi connectivity index (χ0) is 24.4. The maximum Gasteiger partial charge on any atom is 0.223 e. The molecule has 8 heteroatoms. The monoisotopic (exact) mass is 547 g/mol. The van der Waals surface area contributed by atoms with Gasteiger partial charge in [0.25, 0.3) is 0 Å². The molecule has 1 amide bonds. The Morgan fingerprint density at radius 3 is 2.03 bits per heavy atom. The molecule has 0 atom stereocenters. The van der Waals surface area contributed by atoms with E-state index in [1.807, 2.05) is 9.80 Å². The fraction of sp³-hybridized carbons (Fsp3) is 0.345. The summed E-state index contributed by atoms with van der Waals surface area (Å²) in [6, 6.07) is 21.3. The predicted octanol–water partition coefficient (Wildman–Crippen LogP) is 5.98. The van der Waals surface area contributed by atoms with E-state index in [1.54, 1.807) is 6.07 Å². The second kappa shape index (κ2) is 12.7. The van der Waals surface area contributed by atoms with E-state index in [2.05, 4.69) is 60.5 Å². The number of nitrogens with zero attached hydrogens (tertiary/aromatic N) is 3. The number of hydrogen-bond acceptors (Lipinski definition) is 3. The van der Waals surface area contributed by atoms with Crippen molar-refractivity contribution in [3.63, 3.8) is 0 Å². The molecule has 0 saturated carbocycles. The maximum absolute atomic E-state index is 13.6. The third-order valence-corrected chi connectivity index (χ3v) is 7.37. The number of fused-ring (bicyclic) bond motifs is 3. The van der Waals surface area contributed by atoms with Gasteiger partial charge in [-0.25, -0.2) is 8.78 Å². The number of anilines is 1. The fourth-order valence-electron chi connectivity index (χ4n) is 5.37. The molecule has 1 fully saturated rings. The third kappa shape index (κ3) is 6.25. The highest BCUT2D eigenvalue weighted by molar-refractivity contribution is 5.85. The summed E-state index contributed by atoms with van der Waals surface area (Å²) in [5.74, 6) is -1.13. The Morgan fingerprint density at radius 1 is 0.838 bits per heavy atom. The maximum atomic E-state index is 13.6. The minimum Gasteiger partial charge on any atom is -0.368 e. The van der Waals surface area contributed by atoms with E-state index in [1.165, 1.54) is 28.3 Å². The molecule has 5 rings (SSSR count). The van der Waals surface area contributed by atoms with Crippen molar-refractivity contribution in [2.75, 3.05) is 51.2 Å². The molecule has 0 unspecified atom stereocenters. The van der Waals surface area contributed by atoms with Gasteiger partial charge in [-0.05, 0) is 54.4 Å². The van der Waals surface area contributed by atoms with Crippen LogP contribution in [-0.2, 0) is 4.79 Å². The Labute approximate surface area is 230 Å². The van der Waals surface area contributed by atoms with Crippen LogP contribution in [0.15, 0.2) is 66.7 Å². The normalized spacial score (nSPS) is 14.6. The van der Waals surface area contributed by atoms with E-state index in [-0.39, 0.29) is 30.7 Å². The molecule has 0 radical (unpaired) electrons. The van der Waals surface area contributed by atoms with Crippen LogP contribution in [0.3, 0.4) is 0 Å². The Balaban J connectivity index is 0.00000190. The van der Waals surface area contributed by atoms with E-state index in [0.717, 1.165) is 25.6 Å². The highest BCUT2D eigenvalue weighted by atomic mass is 35.5. The van der Waals surface area contributed by atoms with Crippen molar-refractivity contribution in [3.8, 4) is 11.1 Å². The molecule has 3 aromatic carbocycles. The molecule has 3 aromatic rings. The van der Waals surface area contributed by atoms with Crippen LogP contribution in [-0.4, -0.2) is 62.0 Å². The largest absolute Gasteiger partial charge is 0.368 e. The zero-order valence-electron chi connectivity index (χ0n) is 20.9. The summed E-state index contributed by atoms with van der Waals surface area (Å²) in [5, 5.41) is 0. The first-order chi connectivity index (χ1) is 17.0. The topological polar surface area (TPSA) is 26.8 Å². The molecule has 0 aromatic heterocycles. The van der Waals surface area contributed by atoms with Crippen LogP contribution in [0.25, 0.3) is 11.1 Å². The van der Waals surface area contributed by atoms with Crippen molar-refractivity contribution in [1.82, 2.24) is 9.80 Å². The average molecular weight is 549 g/mol. The van der Waals surface area contributed by atoms with Gasteiger partial charge in [-0.15, -0.1) is 24.8 Å². The molecule has 0 spiro atoms. The van der Waals surface area contributed by atoms with Gasteiger partial charge in [-0.2, -0.15) is 0 Å². The molecule has 1 aliphatic carbocycles. The SMILES string of the molecule is CN(CCC(=O)N1CCN(c2ccc(F)c(F)c2)CC1)CCC1c2ccccc2-c2ccccc21.Cl.Cl. The summed E-state index contributed by atoms with van der Waals surface area (Å²) in [7, 11) is 2.08. The molecular weight excluding hydrogens is 515 g/mol. The van der Waals surface area contributed by atoms with Crippen molar-refractivity contribution >= 4 is 36.4 Å². The molecule has 37 heavy (non-hydrogen) atoms. The van der Waals surface area contributed by atoms with Gasteiger partial charge in [0.1, 0.15) is 0 Å². The van der Waals surface area contributed by atoms with Crippen LogP contribution >= 0.6 is 24.8 Å². The Bertz CT molecular complexity index is 1170. The lowest BCUT2D eigenvalue weighted by Gasteiger charge is -2.36. The number of carbonyl (C=O) groups is 1. The van der Waals surface area contributed by atoms with Crippen molar-refractivity contribution in [1.29, 1.82) is 0 Å². The van der Waals surface area contributed by atoms with Crippen LogP contribution in [0.2, 0.25) is 0 Å². The van der Waals surface area contributed by atoms with E-state index >= 15 is 0 Å². The standard InChI is InChI=1S/C29H31F2N3O.2ClH/c1-32(14-12-26-24-8-4-2-6-22(24)23-7-3-5-9-25(23)26)15-13-29(35)34-18-16-33(17-19-34)21-10-11-27(30)28(31)20-21;;/h2-11,20,26H,12-19H2,1H3;2*1H. The highest BCUT2D eigenvalue weighted by Crippen LogP contribution is 2.46. The van der Waals surface area contributed by atoms with Gasteiger partial charge in [0.2, 0.25) is 5.91 Å². The molecule has 0 bridgehead atoms.